The average molecular weight is 450 g/mol. The summed E-state index contributed by atoms with van der Waals surface area (Å²) < 4.78 is 0. The molecule has 30 heavy (non-hydrogen) atoms. The number of thiol groups is 1. The average Bonchev–Trinajstić information content (AvgIpc) is 2.66. The van der Waals surface area contributed by atoms with Crippen molar-refractivity contribution in [3.05, 3.63) is 0 Å². The Balaban J connectivity index is 5.02. The molecule has 13 nitrogen and oxygen atoms in total. The van der Waals surface area contributed by atoms with Crippen LogP contribution in [0.25, 0.3) is 0 Å². The van der Waals surface area contributed by atoms with Crippen LogP contribution in [0.1, 0.15) is 32.6 Å². The lowest BCUT2D eigenvalue weighted by atomic mass is 10.1. The summed E-state index contributed by atoms with van der Waals surface area (Å²) in [4.78, 5) is 68.9. The number of nitrogens with one attached hydrogen (secondary N) is 3. The molecule has 0 aliphatic rings. The number of aliphatic carboxylic acids is 3. The Labute approximate surface area is 177 Å². The predicted molar refractivity (Wildman–Crippen MR) is 105 cm³/mol. The first-order valence-corrected chi connectivity index (χ1v) is 9.46. The van der Waals surface area contributed by atoms with Crippen molar-refractivity contribution >= 4 is 48.3 Å². The van der Waals surface area contributed by atoms with E-state index in [4.69, 9.17) is 21.1 Å². The Hall–Kier alpha value is -2.87. The molecule has 0 spiro atoms. The molecule has 0 aliphatic heterocycles. The minimum atomic E-state index is -1.38. The van der Waals surface area contributed by atoms with Crippen molar-refractivity contribution in [2.24, 2.45) is 5.73 Å². The molecule has 0 aromatic heterocycles. The normalized spacial score (nSPS) is 14.5. The van der Waals surface area contributed by atoms with Gasteiger partial charge in [-0.15, -0.1) is 0 Å². The molecule has 170 valence electrons. The molecule has 0 heterocycles. The van der Waals surface area contributed by atoms with Crippen LogP contribution in [0.3, 0.4) is 0 Å². The first kappa shape index (κ1) is 27.1. The van der Waals surface area contributed by atoms with E-state index in [1.165, 1.54) is 6.92 Å². The van der Waals surface area contributed by atoms with E-state index < -0.39 is 66.2 Å². The van der Waals surface area contributed by atoms with Crippen LogP contribution in [-0.4, -0.2) is 80.9 Å². The van der Waals surface area contributed by atoms with Crippen LogP contribution in [0.5, 0.6) is 0 Å². The van der Waals surface area contributed by atoms with Gasteiger partial charge in [-0.05, 0) is 19.8 Å². The molecule has 4 unspecified atom stereocenters. The van der Waals surface area contributed by atoms with E-state index in [0.29, 0.717) is 0 Å². The highest BCUT2D eigenvalue weighted by atomic mass is 32.1. The molecule has 4 atom stereocenters. The Bertz CT molecular complexity index is 673. The molecule has 0 saturated heterocycles. The van der Waals surface area contributed by atoms with Gasteiger partial charge in [0.05, 0.1) is 6.04 Å². The number of hydrogen-bond acceptors (Lipinski definition) is 8. The molecule has 0 bridgehead atoms. The summed E-state index contributed by atoms with van der Waals surface area (Å²) in [5.74, 6) is -6.54. The highest BCUT2D eigenvalue weighted by molar-refractivity contribution is 7.80. The molecule has 0 aromatic carbocycles. The summed E-state index contributed by atoms with van der Waals surface area (Å²) in [6.07, 6.45) is -1.32. The minimum absolute atomic E-state index is 0.153. The fourth-order valence-electron chi connectivity index (χ4n) is 2.09. The van der Waals surface area contributed by atoms with Crippen molar-refractivity contribution in [1.29, 1.82) is 0 Å². The summed E-state index contributed by atoms with van der Waals surface area (Å²) in [7, 11) is 0. The van der Waals surface area contributed by atoms with Crippen LogP contribution >= 0.6 is 12.6 Å². The van der Waals surface area contributed by atoms with Crippen molar-refractivity contribution in [3.8, 4) is 0 Å². The van der Waals surface area contributed by atoms with Crippen LogP contribution in [-0.2, 0) is 28.8 Å². The predicted octanol–water partition coefficient (Wildman–Crippen LogP) is -2.47. The zero-order valence-corrected chi connectivity index (χ0v) is 17.1. The zero-order valence-electron chi connectivity index (χ0n) is 16.2. The molecule has 3 amide bonds. The summed E-state index contributed by atoms with van der Waals surface area (Å²) in [5.41, 5.74) is 5.54. The fourth-order valence-corrected chi connectivity index (χ4v) is 2.33. The second-order valence-electron chi connectivity index (χ2n) is 6.34. The topological polar surface area (TPSA) is 225 Å². The van der Waals surface area contributed by atoms with Gasteiger partial charge in [-0.2, -0.15) is 12.6 Å². The standard InChI is InChI=1S/C16H26N4O9S/c1-7(18-14(26)8(17)2-4-11(21)22)13(25)19-9(3-5-12(23)24)15(27)20-10(6-30)16(28)29/h7-10,30H,2-6,17H2,1H3,(H,18,26)(H,19,25)(H,20,27)(H,21,22)(H,23,24)(H,28,29). The van der Waals surface area contributed by atoms with E-state index in [0.717, 1.165) is 0 Å². The van der Waals surface area contributed by atoms with Crippen molar-refractivity contribution in [3.63, 3.8) is 0 Å². The van der Waals surface area contributed by atoms with Gasteiger partial charge in [-0.1, -0.05) is 0 Å². The Morgan fingerprint density at radius 1 is 0.800 bits per heavy atom. The SMILES string of the molecule is CC(NC(=O)C(N)CCC(=O)O)C(=O)NC(CCC(=O)O)C(=O)NC(CS)C(=O)O. The number of carbonyl (C=O) groups is 6. The summed E-state index contributed by atoms with van der Waals surface area (Å²) in [6.45, 7) is 1.27. The molecule has 0 aliphatic carbocycles. The van der Waals surface area contributed by atoms with Gasteiger partial charge in [0.15, 0.2) is 0 Å². The number of carboxylic acid groups (broad SMARTS) is 3. The van der Waals surface area contributed by atoms with Gasteiger partial charge in [0.1, 0.15) is 18.1 Å². The first-order valence-electron chi connectivity index (χ1n) is 8.83. The van der Waals surface area contributed by atoms with E-state index in [1.54, 1.807) is 0 Å². The third-order valence-corrected chi connectivity index (χ3v) is 4.20. The van der Waals surface area contributed by atoms with E-state index in [9.17, 15) is 28.8 Å². The van der Waals surface area contributed by atoms with Crippen LogP contribution in [0.4, 0.5) is 0 Å². The van der Waals surface area contributed by atoms with Gasteiger partial charge >= 0.3 is 17.9 Å². The molecular formula is C16H26N4O9S. The fraction of sp³-hybridized carbons (Fsp3) is 0.625. The number of hydrogen-bond donors (Lipinski definition) is 8. The van der Waals surface area contributed by atoms with Crippen molar-refractivity contribution in [2.75, 3.05) is 5.75 Å². The van der Waals surface area contributed by atoms with E-state index in [-0.39, 0.29) is 25.0 Å². The maximum atomic E-state index is 12.3. The zero-order chi connectivity index (χ0) is 23.4. The first-order chi connectivity index (χ1) is 13.9. The number of rotatable bonds is 14. The second kappa shape index (κ2) is 13.4. The number of nitrogens with two attached hydrogens (primary N) is 1. The second-order valence-corrected chi connectivity index (χ2v) is 6.71. The van der Waals surface area contributed by atoms with Gasteiger partial charge in [-0.3, -0.25) is 24.0 Å². The summed E-state index contributed by atoms with van der Waals surface area (Å²) in [6, 6.07) is -5.09. The molecule has 0 saturated carbocycles. The number of amides is 3. The lowest BCUT2D eigenvalue weighted by Gasteiger charge is -2.23. The van der Waals surface area contributed by atoms with Gasteiger partial charge in [0.2, 0.25) is 17.7 Å². The maximum Gasteiger partial charge on any atom is 0.327 e. The van der Waals surface area contributed by atoms with Crippen molar-refractivity contribution < 1.29 is 44.1 Å². The monoisotopic (exact) mass is 450 g/mol. The minimum Gasteiger partial charge on any atom is -0.481 e. The van der Waals surface area contributed by atoms with Crippen molar-refractivity contribution in [1.82, 2.24) is 16.0 Å². The Morgan fingerprint density at radius 2 is 1.30 bits per heavy atom. The lowest BCUT2D eigenvalue weighted by Crippen LogP contribution is -2.56. The van der Waals surface area contributed by atoms with Gasteiger partial charge in [0.25, 0.3) is 0 Å². The van der Waals surface area contributed by atoms with Crippen LogP contribution in [0.15, 0.2) is 0 Å². The van der Waals surface area contributed by atoms with Crippen molar-refractivity contribution in [2.45, 2.75) is 56.8 Å². The molecule has 0 radical (unpaired) electrons. The molecule has 0 aromatic rings. The largest absolute Gasteiger partial charge is 0.481 e. The smallest absolute Gasteiger partial charge is 0.327 e. The van der Waals surface area contributed by atoms with Crippen LogP contribution in [0.2, 0.25) is 0 Å². The molecule has 14 heteroatoms. The highest BCUT2D eigenvalue weighted by Gasteiger charge is 2.28. The van der Waals surface area contributed by atoms with E-state index >= 15 is 0 Å². The quantitative estimate of drug-likeness (QED) is 0.130. The van der Waals surface area contributed by atoms with Crippen LogP contribution < -0.4 is 21.7 Å². The van der Waals surface area contributed by atoms with E-state index in [1.807, 2.05) is 0 Å². The maximum absolute atomic E-state index is 12.3. The van der Waals surface area contributed by atoms with Crippen LogP contribution in [0, 0.1) is 0 Å². The molecule has 0 rings (SSSR count). The van der Waals surface area contributed by atoms with Gasteiger partial charge < -0.3 is 37.0 Å². The molecule has 8 N–H and O–H groups in total. The Morgan fingerprint density at radius 3 is 1.77 bits per heavy atom. The Kier molecular flexibility index (Phi) is 12.1. The lowest BCUT2D eigenvalue weighted by molar-refractivity contribution is -0.142. The summed E-state index contributed by atoms with van der Waals surface area (Å²) in [5, 5.41) is 33.0. The van der Waals surface area contributed by atoms with Gasteiger partial charge in [-0.25, -0.2) is 4.79 Å². The highest BCUT2D eigenvalue weighted by Crippen LogP contribution is 2.02. The van der Waals surface area contributed by atoms with Gasteiger partial charge in [0, 0.05) is 18.6 Å². The van der Waals surface area contributed by atoms with E-state index in [2.05, 4.69) is 28.6 Å². The molecular weight excluding hydrogens is 424 g/mol. The number of carbonyl (C=O) groups excluding carboxylic acids is 3. The summed E-state index contributed by atoms with van der Waals surface area (Å²) >= 11 is 3.80. The third-order valence-electron chi connectivity index (χ3n) is 3.84. The third kappa shape index (κ3) is 10.6. The number of carboxylic acids is 3. The molecule has 0 fully saturated rings.